The zero-order valence-electron chi connectivity index (χ0n) is 10.7. The summed E-state index contributed by atoms with van der Waals surface area (Å²) < 4.78 is 0. The van der Waals surface area contributed by atoms with Crippen LogP contribution in [0.3, 0.4) is 0 Å². The van der Waals surface area contributed by atoms with Crippen molar-refractivity contribution >= 4 is 0 Å². The molecule has 19 heavy (non-hydrogen) atoms. The molecular weight excluding hydrogens is 236 g/mol. The normalized spacial score (nSPS) is 25.4. The Morgan fingerprint density at radius 2 is 1.26 bits per heavy atom. The zero-order chi connectivity index (χ0) is 13.3. The third-order valence-corrected chi connectivity index (χ3v) is 4.28. The number of hydrogen-bond donors (Lipinski definition) is 2. The van der Waals surface area contributed by atoms with Crippen LogP contribution in [0.4, 0.5) is 0 Å². The molecule has 98 valence electrons. The molecule has 0 radical (unpaired) electrons. The Hall–Kier alpha value is -1.64. The van der Waals surface area contributed by atoms with E-state index < -0.39 is 17.6 Å². The lowest BCUT2D eigenvalue weighted by molar-refractivity contribution is 0.0180. The van der Waals surface area contributed by atoms with Gasteiger partial charge in [0, 0.05) is 5.41 Å². The summed E-state index contributed by atoms with van der Waals surface area (Å²) in [6.07, 6.45) is -0.00776. The molecule has 0 spiro atoms. The first kappa shape index (κ1) is 12.4. The van der Waals surface area contributed by atoms with Crippen LogP contribution in [0, 0.1) is 0 Å². The van der Waals surface area contributed by atoms with Gasteiger partial charge in [0.1, 0.15) is 0 Å². The number of aliphatic hydroxyl groups excluding tert-OH is 2. The van der Waals surface area contributed by atoms with Crippen molar-refractivity contribution in [1.29, 1.82) is 0 Å². The van der Waals surface area contributed by atoms with Gasteiger partial charge < -0.3 is 10.2 Å². The molecule has 1 aliphatic rings. The summed E-state index contributed by atoms with van der Waals surface area (Å²) in [5, 5.41) is 20.6. The first-order valence-electron chi connectivity index (χ1n) is 6.72. The third-order valence-electron chi connectivity index (χ3n) is 4.28. The third kappa shape index (κ3) is 1.88. The number of rotatable bonds is 2. The highest BCUT2D eigenvalue weighted by Gasteiger charge is 2.49. The molecule has 2 atom stereocenters. The van der Waals surface area contributed by atoms with E-state index in [4.69, 9.17) is 0 Å². The molecule has 2 aromatic rings. The Bertz CT molecular complexity index is 496. The van der Waals surface area contributed by atoms with Crippen molar-refractivity contribution < 1.29 is 10.2 Å². The van der Waals surface area contributed by atoms with Crippen molar-refractivity contribution in [1.82, 2.24) is 0 Å². The first-order valence-corrected chi connectivity index (χ1v) is 6.72. The van der Waals surface area contributed by atoms with E-state index in [1.165, 1.54) is 0 Å². The second kappa shape index (κ2) is 4.80. The van der Waals surface area contributed by atoms with E-state index in [9.17, 15) is 10.2 Å². The Morgan fingerprint density at radius 3 is 1.63 bits per heavy atom. The lowest BCUT2D eigenvalue weighted by Crippen LogP contribution is -2.40. The fourth-order valence-corrected chi connectivity index (χ4v) is 3.28. The Kier molecular flexibility index (Phi) is 3.13. The second-order valence-electron chi connectivity index (χ2n) is 5.25. The summed E-state index contributed by atoms with van der Waals surface area (Å²) in [5.74, 6) is 0. The summed E-state index contributed by atoms with van der Waals surface area (Å²) in [7, 11) is 0. The van der Waals surface area contributed by atoms with Crippen LogP contribution in [-0.4, -0.2) is 22.4 Å². The zero-order valence-corrected chi connectivity index (χ0v) is 10.7. The van der Waals surface area contributed by atoms with E-state index in [0.717, 1.165) is 17.5 Å². The largest absolute Gasteiger partial charge is 0.390 e. The van der Waals surface area contributed by atoms with Gasteiger partial charge in [0.2, 0.25) is 0 Å². The molecular formula is C17H18O2. The molecule has 1 saturated carbocycles. The lowest BCUT2D eigenvalue weighted by Gasteiger charge is -2.34. The first-order chi connectivity index (χ1) is 9.25. The van der Waals surface area contributed by atoms with Gasteiger partial charge in [0.05, 0.1) is 12.2 Å². The van der Waals surface area contributed by atoms with Crippen LogP contribution in [0.1, 0.15) is 24.0 Å². The summed E-state index contributed by atoms with van der Waals surface area (Å²) in [4.78, 5) is 0. The van der Waals surface area contributed by atoms with Crippen molar-refractivity contribution in [3.8, 4) is 0 Å². The summed E-state index contributed by atoms with van der Waals surface area (Å²) >= 11 is 0. The average Bonchev–Trinajstić information content (AvgIpc) is 2.78. The van der Waals surface area contributed by atoms with Crippen molar-refractivity contribution in [2.75, 3.05) is 0 Å². The maximum Gasteiger partial charge on any atom is 0.0935 e. The van der Waals surface area contributed by atoms with Gasteiger partial charge in [-0.15, -0.1) is 0 Å². The molecule has 2 aromatic carbocycles. The van der Waals surface area contributed by atoms with Gasteiger partial charge in [0.25, 0.3) is 0 Å². The van der Waals surface area contributed by atoms with Crippen LogP contribution in [-0.2, 0) is 5.41 Å². The highest BCUT2D eigenvalue weighted by Crippen LogP contribution is 2.46. The van der Waals surface area contributed by atoms with E-state index in [1.807, 2.05) is 60.7 Å². The van der Waals surface area contributed by atoms with Crippen molar-refractivity contribution in [3.05, 3.63) is 71.8 Å². The predicted molar refractivity (Wildman–Crippen MR) is 74.9 cm³/mol. The standard InChI is InChI=1S/C17H18O2/c18-15-11-12-17(16(15)19,13-7-3-1-4-8-13)14-9-5-2-6-10-14/h1-10,15-16,18-19H,11-12H2. The van der Waals surface area contributed by atoms with Gasteiger partial charge in [-0.3, -0.25) is 0 Å². The summed E-state index contributed by atoms with van der Waals surface area (Å²) in [6, 6.07) is 20.0. The van der Waals surface area contributed by atoms with Gasteiger partial charge in [-0.2, -0.15) is 0 Å². The van der Waals surface area contributed by atoms with Gasteiger partial charge >= 0.3 is 0 Å². The maximum atomic E-state index is 10.6. The molecule has 1 fully saturated rings. The fourth-order valence-electron chi connectivity index (χ4n) is 3.28. The van der Waals surface area contributed by atoms with Crippen LogP contribution < -0.4 is 0 Å². The van der Waals surface area contributed by atoms with Gasteiger partial charge in [-0.25, -0.2) is 0 Å². The maximum absolute atomic E-state index is 10.6. The minimum absolute atomic E-state index is 0.484. The number of benzene rings is 2. The lowest BCUT2D eigenvalue weighted by atomic mass is 9.71. The van der Waals surface area contributed by atoms with Crippen molar-refractivity contribution in [2.45, 2.75) is 30.5 Å². The molecule has 0 heterocycles. The second-order valence-corrected chi connectivity index (χ2v) is 5.25. The molecule has 1 aliphatic carbocycles. The van der Waals surface area contributed by atoms with Crippen LogP contribution in [0.25, 0.3) is 0 Å². The minimum Gasteiger partial charge on any atom is -0.390 e. The van der Waals surface area contributed by atoms with E-state index >= 15 is 0 Å². The Balaban J connectivity index is 2.18. The number of hydrogen-bond acceptors (Lipinski definition) is 2. The fraction of sp³-hybridized carbons (Fsp3) is 0.294. The smallest absolute Gasteiger partial charge is 0.0935 e. The molecule has 0 saturated heterocycles. The number of aliphatic hydroxyl groups is 2. The van der Waals surface area contributed by atoms with E-state index in [0.29, 0.717) is 6.42 Å². The molecule has 0 aromatic heterocycles. The molecule has 0 bridgehead atoms. The van der Waals surface area contributed by atoms with Crippen molar-refractivity contribution in [3.63, 3.8) is 0 Å². The molecule has 2 heteroatoms. The summed E-state index contributed by atoms with van der Waals surface area (Å²) in [5.41, 5.74) is 1.66. The molecule has 2 unspecified atom stereocenters. The Morgan fingerprint density at radius 1 is 0.789 bits per heavy atom. The topological polar surface area (TPSA) is 40.5 Å². The highest BCUT2D eigenvalue weighted by atomic mass is 16.3. The monoisotopic (exact) mass is 254 g/mol. The van der Waals surface area contributed by atoms with Crippen LogP contribution in [0.15, 0.2) is 60.7 Å². The van der Waals surface area contributed by atoms with Gasteiger partial charge in [0.15, 0.2) is 0 Å². The van der Waals surface area contributed by atoms with Crippen LogP contribution in [0.2, 0.25) is 0 Å². The van der Waals surface area contributed by atoms with Crippen molar-refractivity contribution in [2.24, 2.45) is 0 Å². The molecule has 0 amide bonds. The Labute approximate surface area is 113 Å². The van der Waals surface area contributed by atoms with E-state index in [-0.39, 0.29) is 0 Å². The van der Waals surface area contributed by atoms with Gasteiger partial charge in [-0.05, 0) is 24.0 Å². The SMILES string of the molecule is OC1CCC(c2ccccc2)(c2ccccc2)C1O. The molecule has 3 rings (SSSR count). The minimum atomic E-state index is -0.753. The van der Waals surface area contributed by atoms with Crippen LogP contribution in [0.5, 0.6) is 0 Å². The van der Waals surface area contributed by atoms with E-state index in [2.05, 4.69) is 0 Å². The average molecular weight is 254 g/mol. The quantitative estimate of drug-likeness (QED) is 0.864. The molecule has 2 N–H and O–H groups in total. The predicted octanol–water partition coefficient (Wildman–Crippen LogP) is 2.49. The molecule has 2 nitrogen and oxygen atoms in total. The van der Waals surface area contributed by atoms with Crippen LogP contribution >= 0.6 is 0 Å². The van der Waals surface area contributed by atoms with Gasteiger partial charge in [-0.1, -0.05) is 60.7 Å². The molecule has 0 aliphatic heterocycles. The van der Waals surface area contributed by atoms with E-state index in [1.54, 1.807) is 0 Å². The highest BCUT2D eigenvalue weighted by molar-refractivity contribution is 5.43. The summed E-state index contributed by atoms with van der Waals surface area (Å²) in [6.45, 7) is 0.